The largest absolute Gasteiger partial charge is 0.408 e. The van der Waals surface area contributed by atoms with E-state index in [1.165, 1.54) is 4.90 Å². The maximum atomic E-state index is 13.4. The summed E-state index contributed by atoms with van der Waals surface area (Å²) in [4.78, 5) is 1.53. The zero-order valence-corrected chi connectivity index (χ0v) is 12.4. The van der Waals surface area contributed by atoms with Crippen molar-refractivity contribution in [2.75, 3.05) is 26.2 Å². The Kier molecular flexibility index (Phi) is 5.86. The Morgan fingerprint density at radius 3 is 2.30 bits per heavy atom. The predicted octanol–water partition coefficient (Wildman–Crippen LogP) is 3.23. The first-order valence-electron chi connectivity index (χ1n) is 6.49. The third kappa shape index (κ3) is 3.65. The van der Waals surface area contributed by atoms with Gasteiger partial charge in [0, 0.05) is 26.2 Å². The summed E-state index contributed by atoms with van der Waals surface area (Å²) in [5.74, 6) is 0. The van der Waals surface area contributed by atoms with Gasteiger partial charge >= 0.3 is 6.18 Å². The molecular weight excluding hydrogens is 289 g/mol. The topological polar surface area (TPSA) is 15.3 Å². The number of rotatable bonds is 2. The van der Waals surface area contributed by atoms with Crippen LogP contribution in [0.3, 0.4) is 0 Å². The van der Waals surface area contributed by atoms with Crippen molar-refractivity contribution in [1.82, 2.24) is 10.2 Å². The summed E-state index contributed by atoms with van der Waals surface area (Å²) >= 11 is 0. The summed E-state index contributed by atoms with van der Waals surface area (Å²) in [6.45, 7) is 5.69. The lowest BCUT2D eigenvalue weighted by Crippen LogP contribution is -2.49. The van der Waals surface area contributed by atoms with Crippen LogP contribution in [0.1, 0.15) is 22.7 Å². The lowest BCUT2D eigenvalue weighted by molar-refractivity contribution is -0.188. The summed E-state index contributed by atoms with van der Waals surface area (Å²) < 4.78 is 40.3. The van der Waals surface area contributed by atoms with E-state index in [0.717, 1.165) is 11.1 Å². The van der Waals surface area contributed by atoms with Crippen LogP contribution >= 0.6 is 12.4 Å². The molecule has 0 radical (unpaired) electrons. The van der Waals surface area contributed by atoms with Crippen LogP contribution in [0.15, 0.2) is 18.2 Å². The smallest absolute Gasteiger partial charge is 0.314 e. The molecule has 0 aliphatic carbocycles. The second-order valence-corrected chi connectivity index (χ2v) is 5.02. The van der Waals surface area contributed by atoms with E-state index in [9.17, 15) is 13.2 Å². The Bertz CT molecular complexity index is 443. The molecule has 2 rings (SSSR count). The summed E-state index contributed by atoms with van der Waals surface area (Å²) in [7, 11) is 0. The molecule has 1 saturated heterocycles. The molecular formula is C14H20ClF3N2. The van der Waals surface area contributed by atoms with Crippen molar-refractivity contribution in [3.8, 4) is 0 Å². The van der Waals surface area contributed by atoms with Crippen LogP contribution < -0.4 is 5.32 Å². The molecule has 114 valence electrons. The first kappa shape index (κ1) is 17.3. The van der Waals surface area contributed by atoms with Crippen molar-refractivity contribution < 1.29 is 13.2 Å². The van der Waals surface area contributed by atoms with E-state index in [1.54, 1.807) is 19.1 Å². The van der Waals surface area contributed by atoms with Crippen molar-refractivity contribution in [3.63, 3.8) is 0 Å². The van der Waals surface area contributed by atoms with E-state index in [-0.39, 0.29) is 12.4 Å². The van der Waals surface area contributed by atoms with Crippen LogP contribution in [0.5, 0.6) is 0 Å². The van der Waals surface area contributed by atoms with E-state index in [2.05, 4.69) is 5.32 Å². The van der Waals surface area contributed by atoms with Crippen LogP contribution in [-0.2, 0) is 0 Å². The van der Waals surface area contributed by atoms with E-state index in [4.69, 9.17) is 0 Å². The van der Waals surface area contributed by atoms with E-state index in [0.29, 0.717) is 31.7 Å². The van der Waals surface area contributed by atoms with Crippen LogP contribution in [0.2, 0.25) is 0 Å². The SMILES string of the molecule is Cc1cccc([C@@H](N2CCNCC2)C(F)(F)F)c1C.Cl. The number of piperazine rings is 1. The molecule has 1 aliphatic rings. The number of hydrogen-bond donors (Lipinski definition) is 1. The fourth-order valence-corrected chi connectivity index (χ4v) is 2.59. The van der Waals surface area contributed by atoms with Gasteiger partial charge in [-0.25, -0.2) is 0 Å². The molecule has 1 aliphatic heterocycles. The quantitative estimate of drug-likeness (QED) is 0.902. The molecule has 0 spiro atoms. The lowest BCUT2D eigenvalue weighted by atomic mass is 9.95. The summed E-state index contributed by atoms with van der Waals surface area (Å²) in [6, 6.07) is 3.67. The van der Waals surface area contributed by atoms with Crippen molar-refractivity contribution in [1.29, 1.82) is 0 Å². The number of benzene rings is 1. The molecule has 1 aromatic rings. The van der Waals surface area contributed by atoms with E-state index >= 15 is 0 Å². The average molecular weight is 309 g/mol. The molecule has 20 heavy (non-hydrogen) atoms. The van der Waals surface area contributed by atoms with Crippen molar-refractivity contribution in [2.24, 2.45) is 0 Å². The highest BCUT2D eigenvalue weighted by atomic mass is 35.5. The first-order chi connectivity index (χ1) is 8.91. The zero-order valence-electron chi connectivity index (χ0n) is 11.6. The molecule has 2 nitrogen and oxygen atoms in total. The third-order valence-electron chi connectivity index (χ3n) is 3.77. The van der Waals surface area contributed by atoms with Gasteiger partial charge in [-0.05, 0) is 30.5 Å². The number of nitrogens with one attached hydrogen (secondary N) is 1. The van der Waals surface area contributed by atoms with Gasteiger partial charge in [-0.2, -0.15) is 13.2 Å². The second kappa shape index (κ2) is 6.78. The minimum absolute atomic E-state index is 0. The Morgan fingerprint density at radius 2 is 1.75 bits per heavy atom. The van der Waals surface area contributed by atoms with Gasteiger partial charge in [-0.3, -0.25) is 4.90 Å². The minimum atomic E-state index is -4.24. The molecule has 1 aromatic carbocycles. The summed E-state index contributed by atoms with van der Waals surface area (Å²) in [6.07, 6.45) is -4.24. The molecule has 0 aromatic heterocycles. The minimum Gasteiger partial charge on any atom is -0.314 e. The molecule has 0 amide bonds. The number of nitrogens with zero attached hydrogens (tertiary/aromatic N) is 1. The highest BCUT2D eigenvalue weighted by Crippen LogP contribution is 2.39. The molecule has 1 N–H and O–H groups in total. The van der Waals surface area contributed by atoms with Gasteiger partial charge in [0.25, 0.3) is 0 Å². The van der Waals surface area contributed by atoms with Gasteiger partial charge in [0.2, 0.25) is 0 Å². The standard InChI is InChI=1S/C14H19F3N2.ClH/c1-10-4-3-5-12(11(10)2)13(14(15,16)17)19-8-6-18-7-9-19;/h3-5,13,18H,6-9H2,1-2H3;1H/t13-;/m1./s1. The lowest BCUT2D eigenvalue weighted by Gasteiger charge is -2.37. The Labute approximate surface area is 123 Å². The fourth-order valence-electron chi connectivity index (χ4n) is 2.59. The third-order valence-corrected chi connectivity index (χ3v) is 3.77. The normalized spacial score (nSPS) is 18.4. The van der Waals surface area contributed by atoms with E-state index < -0.39 is 12.2 Å². The zero-order chi connectivity index (χ0) is 14.0. The Hall–Kier alpha value is -0.780. The molecule has 0 unspecified atom stereocenters. The number of hydrogen-bond acceptors (Lipinski definition) is 2. The van der Waals surface area contributed by atoms with Gasteiger partial charge in [0.1, 0.15) is 6.04 Å². The van der Waals surface area contributed by atoms with Crippen molar-refractivity contribution in [3.05, 3.63) is 34.9 Å². The van der Waals surface area contributed by atoms with Gasteiger partial charge in [0.05, 0.1) is 0 Å². The molecule has 1 fully saturated rings. The van der Waals surface area contributed by atoms with Crippen LogP contribution in [0.25, 0.3) is 0 Å². The molecule has 1 heterocycles. The van der Waals surface area contributed by atoms with Crippen LogP contribution in [0, 0.1) is 13.8 Å². The first-order valence-corrected chi connectivity index (χ1v) is 6.49. The molecule has 0 saturated carbocycles. The number of alkyl halides is 3. The summed E-state index contributed by atoms with van der Waals surface area (Å²) in [5.41, 5.74) is 2.03. The number of aryl methyl sites for hydroxylation is 1. The fraction of sp³-hybridized carbons (Fsp3) is 0.571. The Morgan fingerprint density at radius 1 is 1.15 bits per heavy atom. The van der Waals surface area contributed by atoms with Crippen LogP contribution in [0.4, 0.5) is 13.2 Å². The van der Waals surface area contributed by atoms with Gasteiger partial charge in [0.15, 0.2) is 0 Å². The Balaban J connectivity index is 0.00000200. The highest BCUT2D eigenvalue weighted by Gasteiger charge is 2.45. The maximum absolute atomic E-state index is 13.4. The predicted molar refractivity (Wildman–Crippen MR) is 76.4 cm³/mol. The number of halogens is 4. The monoisotopic (exact) mass is 308 g/mol. The molecule has 0 bridgehead atoms. The maximum Gasteiger partial charge on any atom is 0.408 e. The average Bonchev–Trinajstić information content (AvgIpc) is 2.35. The molecule has 1 atom stereocenters. The molecule has 6 heteroatoms. The van der Waals surface area contributed by atoms with Crippen LogP contribution in [-0.4, -0.2) is 37.3 Å². The van der Waals surface area contributed by atoms with Gasteiger partial charge in [-0.15, -0.1) is 12.4 Å². The van der Waals surface area contributed by atoms with E-state index in [1.807, 2.05) is 13.0 Å². The second-order valence-electron chi connectivity index (χ2n) is 5.02. The highest BCUT2D eigenvalue weighted by molar-refractivity contribution is 5.85. The van der Waals surface area contributed by atoms with Gasteiger partial charge in [-0.1, -0.05) is 18.2 Å². The summed E-state index contributed by atoms with van der Waals surface area (Å²) in [5, 5.41) is 3.09. The van der Waals surface area contributed by atoms with Crippen molar-refractivity contribution >= 4 is 12.4 Å². The van der Waals surface area contributed by atoms with Crippen molar-refractivity contribution in [2.45, 2.75) is 26.1 Å². The van der Waals surface area contributed by atoms with Gasteiger partial charge < -0.3 is 5.32 Å².